The number of rotatable bonds is 6. The number of hydrogen-bond donors (Lipinski definition) is 1. The number of benzene rings is 2. The van der Waals surface area contributed by atoms with Crippen molar-refractivity contribution < 1.29 is 9.53 Å². The summed E-state index contributed by atoms with van der Waals surface area (Å²) in [5, 5.41) is 3.92. The second kappa shape index (κ2) is 9.90. The zero-order chi connectivity index (χ0) is 22.5. The fourth-order valence-corrected chi connectivity index (χ4v) is 4.22. The first-order chi connectivity index (χ1) is 16.3. The van der Waals surface area contributed by atoms with Gasteiger partial charge in [0.05, 0.1) is 29.5 Å². The summed E-state index contributed by atoms with van der Waals surface area (Å²) < 4.78 is 5.94. The fraction of sp³-hybridized carbons (Fsp3) is 0.222. The van der Waals surface area contributed by atoms with E-state index in [0.29, 0.717) is 18.7 Å². The Labute approximate surface area is 193 Å². The fourth-order valence-electron chi connectivity index (χ4n) is 4.22. The van der Waals surface area contributed by atoms with Gasteiger partial charge in [-0.1, -0.05) is 48.5 Å². The number of amides is 1. The zero-order valence-electron chi connectivity index (χ0n) is 18.4. The molecule has 3 heterocycles. The SMILES string of the molecule is O=C(NC[C@H]1CN(Cc2ccccc2)CCO1)c1cc(-c2cccnc2)nc2ccccc12. The van der Waals surface area contributed by atoms with Crippen molar-refractivity contribution in [1.82, 2.24) is 20.2 Å². The Bertz CT molecular complexity index is 1230. The van der Waals surface area contributed by atoms with Crippen molar-refractivity contribution in [2.75, 3.05) is 26.2 Å². The van der Waals surface area contributed by atoms with Gasteiger partial charge >= 0.3 is 0 Å². The minimum absolute atomic E-state index is 0.0442. The summed E-state index contributed by atoms with van der Waals surface area (Å²) in [4.78, 5) is 24.5. The highest BCUT2D eigenvalue weighted by atomic mass is 16.5. The molecule has 33 heavy (non-hydrogen) atoms. The van der Waals surface area contributed by atoms with Crippen LogP contribution in [0.25, 0.3) is 22.2 Å². The third-order valence-electron chi connectivity index (χ3n) is 5.88. The van der Waals surface area contributed by atoms with Gasteiger partial charge in [0.1, 0.15) is 0 Å². The first-order valence-corrected chi connectivity index (χ1v) is 11.2. The number of ether oxygens (including phenoxy) is 1. The van der Waals surface area contributed by atoms with Crippen molar-refractivity contribution in [3.05, 3.63) is 96.3 Å². The molecule has 166 valence electrons. The van der Waals surface area contributed by atoms with Gasteiger partial charge in [-0.3, -0.25) is 14.7 Å². The van der Waals surface area contributed by atoms with Gasteiger partial charge in [-0.2, -0.15) is 0 Å². The molecule has 4 aromatic rings. The van der Waals surface area contributed by atoms with Crippen LogP contribution >= 0.6 is 0 Å². The first kappa shape index (κ1) is 21.2. The standard InChI is InChI=1S/C27H26N4O2/c32-27(29-17-22-19-31(13-14-33-22)18-20-7-2-1-3-8-20)24-15-26(21-9-6-12-28-16-21)30-25-11-5-4-10-23(24)25/h1-12,15-16,22H,13-14,17-19H2,(H,29,32)/t22-/m0/s1. The van der Waals surface area contributed by atoms with Crippen LogP contribution in [0.5, 0.6) is 0 Å². The smallest absolute Gasteiger partial charge is 0.252 e. The number of hydrogen-bond acceptors (Lipinski definition) is 5. The molecule has 1 aliphatic heterocycles. The molecule has 2 aromatic heterocycles. The third-order valence-corrected chi connectivity index (χ3v) is 5.88. The molecule has 5 rings (SSSR count). The average molecular weight is 439 g/mol. The van der Waals surface area contributed by atoms with Crippen molar-refractivity contribution >= 4 is 16.8 Å². The number of pyridine rings is 2. The van der Waals surface area contributed by atoms with Crippen molar-refractivity contribution in [2.24, 2.45) is 0 Å². The van der Waals surface area contributed by atoms with Crippen LogP contribution in [0.1, 0.15) is 15.9 Å². The van der Waals surface area contributed by atoms with E-state index in [9.17, 15) is 4.79 Å². The molecular formula is C27H26N4O2. The summed E-state index contributed by atoms with van der Waals surface area (Å²) in [6.45, 7) is 3.69. The predicted molar refractivity (Wildman–Crippen MR) is 129 cm³/mol. The van der Waals surface area contributed by atoms with Crippen molar-refractivity contribution in [3.63, 3.8) is 0 Å². The van der Waals surface area contributed by atoms with Crippen LogP contribution in [0.2, 0.25) is 0 Å². The van der Waals surface area contributed by atoms with Gasteiger partial charge in [-0.15, -0.1) is 0 Å². The van der Waals surface area contributed by atoms with Gasteiger partial charge in [0.15, 0.2) is 0 Å². The van der Waals surface area contributed by atoms with Crippen LogP contribution in [-0.4, -0.2) is 53.1 Å². The summed E-state index contributed by atoms with van der Waals surface area (Å²) in [7, 11) is 0. The lowest BCUT2D eigenvalue weighted by atomic mass is 10.0. The Morgan fingerprint density at radius 2 is 1.91 bits per heavy atom. The second-order valence-electron chi connectivity index (χ2n) is 8.24. The molecule has 1 amide bonds. The average Bonchev–Trinajstić information content (AvgIpc) is 2.88. The van der Waals surface area contributed by atoms with Gasteiger partial charge in [-0.05, 0) is 29.8 Å². The lowest BCUT2D eigenvalue weighted by Crippen LogP contribution is -2.47. The molecular weight excluding hydrogens is 412 g/mol. The molecule has 0 saturated carbocycles. The van der Waals surface area contributed by atoms with E-state index in [1.807, 2.05) is 48.5 Å². The van der Waals surface area contributed by atoms with Crippen molar-refractivity contribution in [3.8, 4) is 11.3 Å². The molecule has 0 aliphatic carbocycles. The van der Waals surface area contributed by atoms with E-state index in [4.69, 9.17) is 9.72 Å². The van der Waals surface area contributed by atoms with E-state index in [1.165, 1.54) is 5.56 Å². The number of carbonyl (C=O) groups excluding carboxylic acids is 1. The van der Waals surface area contributed by atoms with Gasteiger partial charge in [0.2, 0.25) is 0 Å². The molecule has 1 fully saturated rings. The van der Waals surface area contributed by atoms with E-state index in [2.05, 4.69) is 39.5 Å². The van der Waals surface area contributed by atoms with Crippen molar-refractivity contribution in [1.29, 1.82) is 0 Å². The molecule has 0 bridgehead atoms. The topological polar surface area (TPSA) is 67.4 Å². The molecule has 1 aliphatic rings. The highest BCUT2D eigenvalue weighted by molar-refractivity contribution is 6.07. The molecule has 0 unspecified atom stereocenters. The van der Waals surface area contributed by atoms with Crippen LogP contribution in [0.15, 0.2) is 85.2 Å². The Kier molecular flexibility index (Phi) is 6.37. The van der Waals surface area contributed by atoms with Crippen LogP contribution in [-0.2, 0) is 11.3 Å². The van der Waals surface area contributed by atoms with Crippen LogP contribution in [0, 0.1) is 0 Å². The van der Waals surface area contributed by atoms with E-state index >= 15 is 0 Å². The van der Waals surface area contributed by atoms with Crippen LogP contribution in [0.3, 0.4) is 0 Å². The minimum Gasteiger partial charge on any atom is -0.374 e. The number of carbonyl (C=O) groups is 1. The van der Waals surface area contributed by atoms with Gasteiger partial charge in [0.25, 0.3) is 5.91 Å². The molecule has 0 spiro atoms. The third kappa shape index (κ3) is 5.08. The molecule has 6 nitrogen and oxygen atoms in total. The largest absolute Gasteiger partial charge is 0.374 e. The van der Waals surface area contributed by atoms with Crippen LogP contribution < -0.4 is 5.32 Å². The molecule has 1 N–H and O–H groups in total. The highest BCUT2D eigenvalue weighted by Crippen LogP contribution is 2.24. The number of nitrogens with one attached hydrogen (secondary N) is 1. The van der Waals surface area contributed by atoms with Crippen LogP contribution in [0.4, 0.5) is 0 Å². The first-order valence-electron chi connectivity index (χ1n) is 11.2. The zero-order valence-corrected chi connectivity index (χ0v) is 18.4. The van der Waals surface area contributed by atoms with E-state index in [-0.39, 0.29) is 12.0 Å². The Morgan fingerprint density at radius 1 is 1.06 bits per heavy atom. The number of fused-ring (bicyclic) bond motifs is 1. The maximum Gasteiger partial charge on any atom is 0.252 e. The normalized spacial score (nSPS) is 16.5. The Hall–Kier alpha value is -3.61. The number of morpholine rings is 1. The van der Waals surface area contributed by atoms with Gasteiger partial charge in [-0.25, -0.2) is 4.98 Å². The van der Waals surface area contributed by atoms with Gasteiger partial charge < -0.3 is 10.1 Å². The summed E-state index contributed by atoms with van der Waals surface area (Å²) in [5.41, 5.74) is 4.29. The summed E-state index contributed by atoms with van der Waals surface area (Å²) in [6, 6.07) is 23.8. The number of nitrogens with zero attached hydrogens (tertiary/aromatic N) is 3. The summed E-state index contributed by atoms with van der Waals surface area (Å²) in [6.07, 6.45) is 3.44. The monoisotopic (exact) mass is 438 g/mol. The maximum atomic E-state index is 13.2. The molecule has 0 radical (unpaired) electrons. The lowest BCUT2D eigenvalue weighted by molar-refractivity contribution is -0.0292. The number of aromatic nitrogens is 2. The lowest BCUT2D eigenvalue weighted by Gasteiger charge is -2.33. The Morgan fingerprint density at radius 3 is 2.76 bits per heavy atom. The summed E-state index contributed by atoms with van der Waals surface area (Å²) >= 11 is 0. The minimum atomic E-state index is -0.123. The predicted octanol–water partition coefficient (Wildman–Crippen LogP) is 3.93. The highest BCUT2D eigenvalue weighted by Gasteiger charge is 2.22. The van der Waals surface area contributed by atoms with E-state index < -0.39 is 0 Å². The molecule has 6 heteroatoms. The van der Waals surface area contributed by atoms with Crippen molar-refractivity contribution in [2.45, 2.75) is 12.6 Å². The van der Waals surface area contributed by atoms with Gasteiger partial charge in [0, 0.05) is 49.5 Å². The summed E-state index contributed by atoms with van der Waals surface area (Å²) in [5.74, 6) is -0.123. The molecule has 2 aromatic carbocycles. The quantitative estimate of drug-likeness (QED) is 0.494. The number of para-hydroxylation sites is 1. The van der Waals surface area contributed by atoms with E-state index in [1.54, 1.807) is 12.4 Å². The second-order valence-corrected chi connectivity index (χ2v) is 8.24. The van der Waals surface area contributed by atoms with E-state index in [0.717, 1.165) is 41.8 Å². The maximum absolute atomic E-state index is 13.2. The molecule has 1 atom stereocenters. The Balaban J connectivity index is 1.30. The molecule has 1 saturated heterocycles.